The molecule has 1 N–H and O–H groups in total. The highest BCUT2D eigenvalue weighted by molar-refractivity contribution is 5.77. The first-order valence-corrected chi connectivity index (χ1v) is 12.2. The van der Waals surface area contributed by atoms with Gasteiger partial charge < -0.3 is 19.9 Å². The number of rotatable bonds is 8. The highest BCUT2D eigenvalue weighted by atomic mass is 19.4. The number of anilines is 2. The molecule has 0 aromatic heterocycles. The minimum Gasteiger partial charge on any atom is -0.497 e. The van der Waals surface area contributed by atoms with E-state index in [4.69, 9.17) is 4.74 Å². The zero-order valence-corrected chi connectivity index (χ0v) is 20.5. The first-order valence-electron chi connectivity index (χ1n) is 12.2. The minimum absolute atomic E-state index is 0.0153. The van der Waals surface area contributed by atoms with Gasteiger partial charge in [0.1, 0.15) is 11.3 Å². The van der Waals surface area contributed by atoms with E-state index >= 15 is 0 Å². The molecular formula is C25H30F3N5O4. The van der Waals surface area contributed by atoms with Crippen LogP contribution in [-0.4, -0.2) is 79.6 Å². The van der Waals surface area contributed by atoms with Gasteiger partial charge in [0.15, 0.2) is 0 Å². The third-order valence-corrected chi connectivity index (χ3v) is 6.86. The lowest BCUT2D eigenvalue weighted by Crippen LogP contribution is -2.47. The zero-order chi connectivity index (χ0) is 26.6. The summed E-state index contributed by atoms with van der Waals surface area (Å²) in [5, 5.41) is 13.9. The minimum atomic E-state index is -4.84. The Labute approximate surface area is 212 Å². The number of methoxy groups -OCH3 is 1. The number of halogens is 3. The van der Waals surface area contributed by atoms with E-state index in [1.807, 2.05) is 24.3 Å². The number of piperazine rings is 1. The summed E-state index contributed by atoms with van der Waals surface area (Å²) in [6, 6.07) is 10.6. The molecule has 2 fully saturated rings. The van der Waals surface area contributed by atoms with Gasteiger partial charge in [-0.3, -0.25) is 19.8 Å². The van der Waals surface area contributed by atoms with Crippen molar-refractivity contribution < 1.29 is 27.6 Å². The standard InChI is InChI=1S/C25H30F3N5O4/c1-37-21-5-3-20(4-6-21)31-14-12-30(13-15-31)10-9-24(34)32-11-8-19(17-32)29-18-2-7-23(33(35)36)22(16-18)25(26,27)28/h2-7,16,19,29H,8-15,17H2,1H3/t19-/m0/s1. The van der Waals surface area contributed by atoms with Crippen molar-refractivity contribution in [2.24, 2.45) is 0 Å². The molecule has 0 bridgehead atoms. The molecule has 0 unspecified atom stereocenters. The molecule has 0 radical (unpaired) electrons. The maximum atomic E-state index is 13.2. The van der Waals surface area contributed by atoms with Crippen LogP contribution in [0.4, 0.5) is 30.2 Å². The molecule has 2 aliphatic rings. The molecule has 0 spiro atoms. The third kappa shape index (κ3) is 6.62. The number of carbonyl (C=O) groups excluding carboxylic acids is 1. The molecule has 2 aromatic carbocycles. The van der Waals surface area contributed by atoms with Crippen molar-refractivity contribution in [3.8, 4) is 5.75 Å². The van der Waals surface area contributed by atoms with E-state index in [-0.39, 0.29) is 17.6 Å². The highest BCUT2D eigenvalue weighted by Gasteiger charge is 2.38. The number of nitro groups is 1. The summed E-state index contributed by atoms with van der Waals surface area (Å²) >= 11 is 0. The van der Waals surface area contributed by atoms with Crippen LogP contribution in [0.5, 0.6) is 5.75 Å². The van der Waals surface area contributed by atoms with Crippen LogP contribution < -0.4 is 15.0 Å². The van der Waals surface area contributed by atoms with Crippen molar-refractivity contribution in [3.05, 3.63) is 58.1 Å². The van der Waals surface area contributed by atoms with E-state index in [9.17, 15) is 28.1 Å². The largest absolute Gasteiger partial charge is 0.497 e. The van der Waals surface area contributed by atoms with Gasteiger partial charge in [-0.15, -0.1) is 0 Å². The number of hydrogen-bond donors (Lipinski definition) is 1. The van der Waals surface area contributed by atoms with Gasteiger partial charge >= 0.3 is 6.18 Å². The van der Waals surface area contributed by atoms with Gasteiger partial charge in [0.05, 0.1) is 12.0 Å². The molecule has 12 heteroatoms. The van der Waals surface area contributed by atoms with E-state index in [0.29, 0.717) is 32.5 Å². The molecule has 200 valence electrons. The molecule has 2 aromatic rings. The van der Waals surface area contributed by atoms with Crippen molar-refractivity contribution in [2.75, 3.05) is 63.1 Å². The number of alkyl halides is 3. The van der Waals surface area contributed by atoms with Crippen molar-refractivity contribution >= 4 is 23.0 Å². The van der Waals surface area contributed by atoms with E-state index < -0.39 is 22.4 Å². The Hall–Kier alpha value is -3.54. The van der Waals surface area contributed by atoms with Crippen LogP contribution in [0.3, 0.4) is 0 Å². The summed E-state index contributed by atoms with van der Waals surface area (Å²) in [6.45, 7) is 4.98. The van der Waals surface area contributed by atoms with Gasteiger partial charge in [0.2, 0.25) is 5.91 Å². The number of likely N-dealkylation sites (tertiary alicyclic amines) is 1. The Morgan fingerprint density at radius 2 is 1.81 bits per heavy atom. The summed E-state index contributed by atoms with van der Waals surface area (Å²) in [7, 11) is 1.64. The van der Waals surface area contributed by atoms with Crippen LogP contribution in [-0.2, 0) is 11.0 Å². The van der Waals surface area contributed by atoms with Gasteiger partial charge in [-0.05, 0) is 42.8 Å². The number of benzene rings is 2. The second-order valence-corrected chi connectivity index (χ2v) is 9.23. The molecule has 4 rings (SSSR count). The van der Waals surface area contributed by atoms with Crippen molar-refractivity contribution in [3.63, 3.8) is 0 Å². The van der Waals surface area contributed by atoms with Crippen LogP contribution in [0.1, 0.15) is 18.4 Å². The highest BCUT2D eigenvalue weighted by Crippen LogP contribution is 2.37. The number of carbonyl (C=O) groups is 1. The first-order chi connectivity index (χ1) is 17.6. The summed E-state index contributed by atoms with van der Waals surface area (Å²) in [5.41, 5.74) is -0.985. The van der Waals surface area contributed by atoms with Crippen LogP contribution in [0, 0.1) is 10.1 Å². The number of amides is 1. The van der Waals surface area contributed by atoms with Crippen molar-refractivity contribution in [1.29, 1.82) is 0 Å². The van der Waals surface area contributed by atoms with E-state index in [0.717, 1.165) is 49.7 Å². The number of nitrogens with zero attached hydrogens (tertiary/aromatic N) is 4. The second-order valence-electron chi connectivity index (χ2n) is 9.23. The Balaban J connectivity index is 1.23. The molecule has 2 saturated heterocycles. The van der Waals surface area contributed by atoms with Gasteiger partial charge in [0, 0.05) is 75.7 Å². The molecular weight excluding hydrogens is 491 g/mol. The number of nitro benzene ring substituents is 1. The van der Waals surface area contributed by atoms with E-state index in [1.54, 1.807) is 12.0 Å². The Morgan fingerprint density at radius 1 is 1.11 bits per heavy atom. The van der Waals surface area contributed by atoms with Crippen molar-refractivity contribution in [1.82, 2.24) is 9.80 Å². The quantitative estimate of drug-likeness (QED) is 0.417. The molecule has 9 nitrogen and oxygen atoms in total. The predicted molar refractivity (Wildman–Crippen MR) is 133 cm³/mol. The number of hydrogen-bond acceptors (Lipinski definition) is 7. The van der Waals surface area contributed by atoms with E-state index in [2.05, 4.69) is 15.1 Å². The normalized spacial score (nSPS) is 18.6. The maximum Gasteiger partial charge on any atom is 0.423 e. The topological polar surface area (TPSA) is 91.2 Å². The average Bonchev–Trinajstić information content (AvgIpc) is 3.35. The van der Waals surface area contributed by atoms with Gasteiger partial charge in [-0.1, -0.05) is 0 Å². The number of ether oxygens (including phenoxy) is 1. The average molecular weight is 522 g/mol. The fourth-order valence-electron chi connectivity index (χ4n) is 4.79. The lowest BCUT2D eigenvalue weighted by Gasteiger charge is -2.36. The van der Waals surface area contributed by atoms with Crippen LogP contribution in [0.25, 0.3) is 0 Å². The molecule has 37 heavy (non-hydrogen) atoms. The van der Waals surface area contributed by atoms with E-state index in [1.165, 1.54) is 6.07 Å². The van der Waals surface area contributed by atoms with Gasteiger partial charge in [-0.25, -0.2) is 0 Å². The molecule has 2 heterocycles. The summed E-state index contributed by atoms with van der Waals surface area (Å²) in [6.07, 6.45) is -3.87. The molecule has 0 saturated carbocycles. The summed E-state index contributed by atoms with van der Waals surface area (Å²) < 4.78 is 44.9. The number of nitrogens with one attached hydrogen (secondary N) is 1. The smallest absolute Gasteiger partial charge is 0.423 e. The molecule has 1 atom stereocenters. The molecule has 0 aliphatic carbocycles. The SMILES string of the molecule is COc1ccc(N2CCN(CCC(=O)N3CC[C@H](Nc4ccc([N+](=O)[O-])c(C(F)(F)F)c4)C3)CC2)cc1. The van der Waals surface area contributed by atoms with Gasteiger partial charge in [0.25, 0.3) is 5.69 Å². The third-order valence-electron chi connectivity index (χ3n) is 6.86. The Kier molecular flexibility index (Phi) is 8.06. The molecule has 1 amide bonds. The second kappa shape index (κ2) is 11.2. The maximum absolute atomic E-state index is 13.2. The van der Waals surface area contributed by atoms with Crippen molar-refractivity contribution in [2.45, 2.75) is 25.1 Å². The molecule has 2 aliphatic heterocycles. The lowest BCUT2D eigenvalue weighted by atomic mass is 10.1. The monoisotopic (exact) mass is 521 g/mol. The summed E-state index contributed by atoms with van der Waals surface area (Å²) in [4.78, 5) is 29.0. The predicted octanol–water partition coefficient (Wildman–Crippen LogP) is 3.85. The Morgan fingerprint density at radius 3 is 2.43 bits per heavy atom. The van der Waals surface area contributed by atoms with Gasteiger partial charge in [-0.2, -0.15) is 13.2 Å². The lowest BCUT2D eigenvalue weighted by molar-refractivity contribution is -0.388. The van der Waals surface area contributed by atoms with Crippen LogP contribution >= 0.6 is 0 Å². The summed E-state index contributed by atoms with van der Waals surface area (Å²) in [5.74, 6) is 0.834. The van der Waals surface area contributed by atoms with Crippen LogP contribution in [0.15, 0.2) is 42.5 Å². The van der Waals surface area contributed by atoms with Crippen LogP contribution in [0.2, 0.25) is 0 Å². The fraction of sp³-hybridized carbons (Fsp3) is 0.480. The first kappa shape index (κ1) is 26.5. The Bertz CT molecular complexity index is 1100. The zero-order valence-electron chi connectivity index (χ0n) is 20.5. The fourth-order valence-corrected chi connectivity index (χ4v) is 4.79.